The smallest absolute Gasteiger partial charge is 0.133 e. The molecule has 5 heteroatoms. The third-order valence-electron chi connectivity index (χ3n) is 2.84. The van der Waals surface area contributed by atoms with E-state index in [2.05, 4.69) is 15.3 Å². The van der Waals surface area contributed by atoms with E-state index < -0.39 is 0 Å². The maximum atomic E-state index is 12.9. The molecule has 0 aliphatic heterocycles. The van der Waals surface area contributed by atoms with Crippen molar-refractivity contribution in [1.82, 2.24) is 9.97 Å². The Morgan fingerprint density at radius 3 is 2.45 bits per heavy atom. The molecule has 0 atom stereocenters. The first-order valence-electron chi connectivity index (χ1n) is 6.68. The van der Waals surface area contributed by atoms with Gasteiger partial charge in [-0.2, -0.15) is 0 Å². The summed E-state index contributed by atoms with van der Waals surface area (Å²) in [5, 5.41) is 4.18. The van der Waals surface area contributed by atoms with Crippen LogP contribution in [0.4, 0.5) is 10.2 Å². The highest BCUT2D eigenvalue weighted by Crippen LogP contribution is 2.31. The van der Waals surface area contributed by atoms with Gasteiger partial charge in [-0.3, -0.25) is 0 Å². The van der Waals surface area contributed by atoms with Gasteiger partial charge in [-0.1, -0.05) is 18.7 Å². The van der Waals surface area contributed by atoms with Gasteiger partial charge < -0.3 is 5.32 Å². The highest BCUT2D eigenvalue weighted by atomic mass is 32.2. The number of hydrogen-bond acceptors (Lipinski definition) is 4. The van der Waals surface area contributed by atoms with Crippen molar-refractivity contribution >= 4 is 17.6 Å². The zero-order valence-corrected chi connectivity index (χ0v) is 12.7. The zero-order chi connectivity index (χ0) is 14.5. The van der Waals surface area contributed by atoms with Crippen molar-refractivity contribution < 1.29 is 4.39 Å². The van der Waals surface area contributed by atoms with Gasteiger partial charge >= 0.3 is 0 Å². The molecule has 2 rings (SSSR count). The molecule has 3 nitrogen and oxygen atoms in total. The fourth-order valence-electron chi connectivity index (χ4n) is 1.75. The summed E-state index contributed by atoms with van der Waals surface area (Å²) < 4.78 is 12.9. The van der Waals surface area contributed by atoms with E-state index in [9.17, 15) is 4.39 Å². The monoisotopic (exact) mass is 291 g/mol. The Morgan fingerprint density at radius 2 is 1.85 bits per heavy atom. The van der Waals surface area contributed by atoms with E-state index >= 15 is 0 Å². The van der Waals surface area contributed by atoms with Crippen LogP contribution < -0.4 is 5.32 Å². The number of halogens is 1. The number of hydrogen-bond donors (Lipinski definition) is 1. The molecule has 0 spiro atoms. The summed E-state index contributed by atoms with van der Waals surface area (Å²) in [7, 11) is 0. The van der Waals surface area contributed by atoms with E-state index in [4.69, 9.17) is 0 Å². The standard InChI is InChI=1S/C15H18FN3S/c1-4-13-18-14(17-5-2)10(3)15(19-13)20-12-8-6-11(16)7-9-12/h6-9H,4-5H2,1-3H3,(H,17,18,19). The molecule has 0 aliphatic rings. The summed E-state index contributed by atoms with van der Waals surface area (Å²) in [5.74, 6) is 1.47. The lowest BCUT2D eigenvalue weighted by atomic mass is 10.3. The predicted octanol–water partition coefficient (Wildman–Crippen LogP) is 4.07. The lowest BCUT2D eigenvalue weighted by Gasteiger charge is -2.12. The first kappa shape index (κ1) is 14.8. The number of nitrogens with zero attached hydrogens (tertiary/aromatic N) is 2. The molecule has 0 radical (unpaired) electrons. The first-order valence-corrected chi connectivity index (χ1v) is 7.50. The lowest BCUT2D eigenvalue weighted by Crippen LogP contribution is -2.07. The number of anilines is 1. The Labute approximate surface area is 123 Å². The SMILES string of the molecule is CCNc1nc(CC)nc(Sc2ccc(F)cc2)c1C. The van der Waals surface area contributed by atoms with Crippen LogP contribution in [0, 0.1) is 12.7 Å². The van der Waals surface area contributed by atoms with Crippen molar-refractivity contribution in [1.29, 1.82) is 0 Å². The number of rotatable bonds is 5. The third kappa shape index (κ3) is 3.48. The summed E-state index contributed by atoms with van der Waals surface area (Å²) in [4.78, 5) is 10.0. The van der Waals surface area contributed by atoms with E-state index in [1.165, 1.54) is 23.9 Å². The largest absolute Gasteiger partial charge is 0.370 e. The molecule has 0 bridgehead atoms. The first-order chi connectivity index (χ1) is 9.63. The summed E-state index contributed by atoms with van der Waals surface area (Å²) in [6.07, 6.45) is 0.787. The molecule has 106 valence electrons. The zero-order valence-electron chi connectivity index (χ0n) is 11.9. The van der Waals surface area contributed by atoms with Gasteiger partial charge in [0.05, 0.1) is 0 Å². The predicted molar refractivity (Wildman–Crippen MR) is 80.8 cm³/mol. The molecule has 0 aliphatic carbocycles. The van der Waals surface area contributed by atoms with Gasteiger partial charge in [-0.15, -0.1) is 0 Å². The second-order valence-corrected chi connectivity index (χ2v) is 5.42. The van der Waals surface area contributed by atoms with Crippen LogP contribution in [0.2, 0.25) is 0 Å². The van der Waals surface area contributed by atoms with Crippen LogP contribution in [0.3, 0.4) is 0 Å². The molecule has 0 saturated carbocycles. The second kappa shape index (κ2) is 6.70. The molecular weight excluding hydrogens is 273 g/mol. The minimum atomic E-state index is -0.226. The van der Waals surface area contributed by atoms with E-state index in [1.54, 1.807) is 12.1 Å². The number of aromatic nitrogens is 2. The summed E-state index contributed by atoms with van der Waals surface area (Å²) >= 11 is 1.53. The summed E-state index contributed by atoms with van der Waals surface area (Å²) in [5.41, 5.74) is 1.03. The molecule has 2 aromatic rings. The Bertz CT molecular complexity index is 584. The maximum absolute atomic E-state index is 12.9. The second-order valence-electron chi connectivity index (χ2n) is 4.36. The molecule has 1 aromatic heterocycles. The van der Waals surface area contributed by atoms with Crippen LogP contribution in [0.25, 0.3) is 0 Å². The van der Waals surface area contributed by atoms with Gasteiger partial charge in [0.15, 0.2) is 0 Å². The van der Waals surface area contributed by atoms with Crippen molar-refractivity contribution in [3.8, 4) is 0 Å². The fourth-order valence-corrected chi connectivity index (χ4v) is 2.65. The van der Waals surface area contributed by atoms with Crippen molar-refractivity contribution in [3.05, 3.63) is 41.5 Å². The van der Waals surface area contributed by atoms with E-state index in [-0.39, 0.29) is 5.82 Å². The van der Waals surface area contributed by atoms with Crippen LogP contribution in [-0.4, -0.2) is 16.5 Å². The Balaban J connectivity index is 2.34. The van der Waals surface area contributed by atoms with Gasteiger partial charge in [-0.05, 0) is 38.1 Å². The highest BCUT2D eigenvalue weighted by Gasteiger charge is 2.11. The Morgan fingerprint density at radius 1 is 1.15 bits per heavy atom. The van der Waals surface area contributed by atoms with Crippen molar-refractivity contribution in [3.63, 3.8) is 0 Å². The van der Waals surface area contributed by atoms with Crippen LogP contribution in [0.1, 0.15) is 25.2 Å². The summed E-state index contributed by atoms with van der Waals surface area (Å²) in [6.45, 7) is 6.90. The molecule has 0 fully saturated rings. The third-order valence-corrected chi connectivity index (χ3v) is 3.93. The van der Waals surface area contributed by atoms with Crippen molar-refractivity contribution in [2.75, 3.05) is 11.9 Å². The average molecular weight is 291 g/mol. The van der Waals surface area contributed by atoms with Gasteiger partial charge in [0, 0.05) is 23.4 Å². The average Bonchev–Trinajstić information content (AvgIpc) is 2.45. The van der Waals surface area contributed by atoms with Crippen LogP contribution >= 0.6 is 11.8 Å². The summed E-state index contributed by atoms with van der Waals surface area (Å²) in [6, 6.07) is 6.45. The highest BCUT2D eigenvalue weighted by molar-refractivity contribution is 7.99. The molecule has 0 unspecified atom stereocenters. The van der Waals surface area contributed by atoms with Gasteiger partial charge in [-0.25, -0.2) is 14.4 Å². The molecule has 1 heterocycles. The van der Waals surface area contributed by atoms with Crippen LogP contribution in [0.15, 0.2) is 34.2 Å². The Kier molecular flexibility index (Phi) is 4.95. The Hall–Kier alpha value is -1.62. The van der Waals surface area contributed by atoms with Crippen LogP contribution in [0.5, 0.6) is 0 Å². The topological polar surface area (TPSA) is 37.8 Å². The molecule has 0 saturated heterocycles. The van der Waals surface area contributed by atoms with Gasteiger partial charge in [0.2, 0.25) is 0 Å². The minimum Gasteiger partial charge on any atom is -0.370 e. The number of benzene rings is 1. The molecular formula is C15H18FN3S. The van der Waals surface area contributed by atoms with Gasteiger partial charge in [0.1, 0.15) is 22.5 Å². The van der Waals surface area contributed by atoms with E-state index in [1.807, 2.05) is 20.8 Å². The molecule has 20 heavy (non-hydrogen) atoms. The van der Waals surface area contributed by atoms with Crippen molar-refractivity contribution in [2.24, 2.45) is 0 Å². The molecule has 0 amide bonds. The minimum absolute atomic E-state index is 0.226. The van der Waals surface area contributed by atoms with Crippen molar-refractivity contribution in [2.45, 2.75) is 37.1 Å². The normalized spacial score (nSPS) is 10.6. The maximum Gasteiger partial charge on any atom is 0.133 e. The van der Waals surface area contributed by atoms with E-state index in [0.717, 1.165) is 40.1 Å². The quantitative estimate of drug-likeness (QED) is 0.843. The van der Waals surface area contributed by atoms with E-state index in [0.29, 0.717) is 0 Å². The van der Waals surface area contributed by atoms with Crippen LogP contribution in [-0.2, 0) is 6.42 Å². The van der Waals surface area contributed by atoms with Gasteiger partial charge in [0.25, 0.3) is 0 Å². The molecule has 1 aromatic carbocycles. The number of nitrogens with one attached hydrogen (secondary N) is 1. The lowest BCUT2D eigenvalue weighted by molar-refractivity contribution is 0.626. The number of aryl methyl sites for hydroxylation is 1. The fraction of sp³-hybridized carbons (Fsp3) is 0.333. The molecule has 1 N–H and O–H groups in total.